The van der Waals surface area contributed by atoms with Crippen molar-refractivity contribution in [3.63, 3.8) is 0 Å². The van der Waals surface area contributed by atoms with E-state index in [0.29, 0.717) is 29.0 Å². The Morgan fingerprint density at radius 2 is 1.92 bits per heavy atom. The number of nitrogens with zero attached hydrogens (tertiary/aromatic N) is 2. The van der Waals surface area contributed by atoms with Crippen LogP contribution in [0.2, 0.25) is 0 Å². The summed E-state index contributed by atoms with van der Waals surface area (Å²) in [4.78, 5) is 24.9. The minimum absolute atomic E-state index is 0.0584. The van der Waals surface area contributed by atoms with Crippen LogP contribution in [-0.4, -0.2) is 17.4 Å². The van der Waals surface area contributed by atoms with Crippen molar-refractivity contribution in [2.45, 2.75) is 32.6 Å². The van der Waals surface area contributed by atoms with E-state index in [9.17, 15) is 20.1 Å². The maximum atomic E-state index is 12.4. The van der Waals surface area contributed by atoms with Crippen LogP contribution in [0.1, 0.15) is 41.6 Å². The molecule has 0 unspecified atom stereocenters. The lowest BCUT2D eigenvalue weighted by atomic mass is 9.67. The van der Waals surface area contributed by atoms with E-state index in [1.807, 2.05) is 19.1 Å². The van der Waals surface area contributed by atoms with Crippen molar-refractivity contribution in [3.8, 4) is 12.1 Å². The molecule has 26 heavy (non-hydrogen) atoms. The van der Waals surface area contributed by atoms with Gasteiger partial charge in [0.25, 0.3) is 0 Å². The van der Waals surface area contributed by atoms with Gasteiger partial charge < -0.3 is 5.32 Å². The highest BCUT2D eigenvalue weighted by molar-refractivity contribution is 8.03. The van der Waals surface area contributed by atoms with Crippen LogP contribution in [0.4, 0.5) is 0 Å². The maximum Gasteiger partial charge on any atom is 0.243 e. The van der Waals surface area contributed by atoms with Crippen molar-refractivity contribution in [1.82, 2.24) is 5.32 Å². The van der Waals surface area contributed by atoms with E-state index in [1.54, 1.807) is 12.1 Å². The van der Waals surface area contributed by atoms with E-state index in [2.05, 4.69) is 17.5 Å². The summed E-state index contributed by atoms with van der Waals surface area (Å²) in [5.41, 5.74) is 1.45. The predicted octanol–water partition coefficient (Wildman–Crippen LogP) is 3.48. The molecule has 1 amide bonds. The van der Waals surface area contributed by atoms with E-state index >= 15 is 0 Å². The van der Waals surface area contributed by atoms with Gasteiger partial charge in [-0.3, -0.25) is 9.59 Å². The molecule has 0 saturated heterocycles. The summed E-state index contributed by atoms with van der Waals surface area (Å²) in [6.45, 7) is 1.96. The van der Waals surface area contributed by atoms with E-state index < -0.39 is 11.3 Å². The first kappa shape index (κ1) is 18.2. The number of hydrogen-bond acceptors (Lipinski definition) is 5. The number of Topliss-reactive ketones (excluding diaryl/α,β-unsaturated/α-hetero) is 1. The molecule has 5 nitrogen and oxygen atoms in total. The first-order valence-corrected chi connectivity index (χ1v) is 9.58. The monoisotopic (exact) mass is 365 g/mol. The SMILES string of the molecule is Cc1ccc(C(=O)CSC2=C(C#N)C3(CCCC3)[C@@H](C#N)C(=O)N2)cc1. The largest absolute Gasteiger partial charge is 0.319 e. The fourth-order valence-electron chi connectivity index (χ4n) is 3.83. The number of hydrogen-bond donors (Lipinski definition) is 1. The highest BCUT2D eigenvalue weighted by Gasteiger charge is 2.52. The molecule has 1 N–H and O–H groups in total. The molecule has 1 aliphatic carbocycles. The number of carbonyl (C=O) groups is 2. The summed E-state index contributed by atoms with van der Waals surface area (Å²) in [6.07, 6.45) is 3.13. The van der Waals surface area contributed by atoms with Crippen molar-refractivity contribution in [1.29, 1.82) is 10.5 Å². The van der Waals surface area contributed by atoms with Gasteiger partial charge in [0, 0.05) is 11.0 Å². The highest BCUT2D eigenvalue weighted by atomic mass is 32.2. The highest BCUT2D eigenvalue weighted by Crippen LogP contribution is 2.53. The second-order valence-electron chi connectivity index (χ2n) is 6.81. The molecule has 1 fully saturated rings. The number of thioether (sulfide) groups is 1. The third kappa shape index (κ3) is 3.13. The Balaban J connectivity index is 1.86. The number of nitrogens with one attached hydrogen (secondary N) is 1. The molecule has 1 heterocycles. The zero-order valence-corrected chi connectivity index (χ0v) is 15.4. The Kier molecular flexibility index (Phi) is 5.15. The van der Waals surface area contributed by atoms with E-state index in [-0.39, 0.29) is 17.4 Å². The van der Waals surface area contributed by atoms with E-state index in [4.69, 9.17) is 0 Å². The minimum atomic E-state index is -0.836. The van der Waals surface area contributed by atoms with Gasteiger partial charge in [-0.2, -0.15) is 10.5 Å². The number of carbonyl (C=O) groups excluding carboxylic acids is 2. The van der Waals surface area contributed by atoms with Crippen molar-refractivity contribution in [2.75, 3.05) is 5.75 Å². The van der Waals surface area contributed by atoms with Gasteiger partial charge in [-0.1, -0.05) is 54.4 Å². The zero-order chi connectivity index (χ0) is 18.7. The molecule has 3 rings (SSSR count). The van der Waals surface area contributed by atoms with Gasteiger partial charge in [0.15, 0.2) is 5.78 Å². The first-order valence-electron chi connectivity index (χ1n) is 8.60. The lowest BCUT2D eigenvalue weighted by molar-refractivity contribution is -0.126. The Bertz CT molecular complexity index is 853. The van der Waals surface area contributed by atoms with Gasteiger partial charge in [0.05, 0.1) is 28.5 Å². The molecule has 132 valence electrons. The third-order valence-electron chi connectivity index (χ3n) is 5.23. The zero-order valence-electron chi connectivity index (χ0n) is 14.5. The normalized spacial score (nSPS) is 21.2. The van der Waals surface area contributed by atoms with Crippen LogP contribution in [0, 0.1) is 40.9 Å². The summed E-state index contributed by atoms with van der Waals surface area (Å²) < 4.78 is 0. The topological polar surface area (TPSA) is 93.8 Å². The minimum Gasteiger partial charge on any atom is -0.319 e. The molecule has 1 aromatic rings. The van der Waals surface area contributed by atoms with Crippen molar-refractivity contribution in [3.05, 3.63) is 46.0 Å². The van der Waals surface area contributed by atoms with E-state index in [1.165, 1.54) is 11.8 Å². The molecule has 1 atom stereocenters. The number of nitriles is 2. The van der Waals surface area contributed by atoms with Crippen LogP contribution in [0.15, 0.2) is 34.9 Å². The lowest BCUT2D eigenvalue weighted by Gasteiger charge is -2.37. The van der Waals surface area contributed by atoms with Gasteiger partial charge >= 0.3 is 0 Å². The molecule has 6 heteroatoms. The van der Waals surface area contributed by atoms with Crippen LogP contribution < -0.4 is 5.32 Å². The fraction of sp³-hybridized carbons (Fsp3) is 0.400. The molecule has 1 spiro atoms. The van der Waals surface area contributed by atoms with Crippen LogP contribution in [-0.2, 0) is 4.79 Å². The van der Waals surface area contributed by atoms with Crippen LogP contribution >= 0.6 is 11.8 Å². The Labute approximate surface area is 157 Å². The molecule has 1 saturated carbocycles. The summed E-state index contributed by atoms with van der Waals surface area (Å²) in [7, 11) is 0. The Morgan fingerprint density at radius 3 is 2.50 bits per heavy atom. The Morgan fingerprint density at radius 1 is 1.27 bits per heavy atom. The number of rotatable bonds is 4. The van der Waals surface area contributed by atoms with Crippen LogP contribution in [0.3, 0.4) is 0 Å². The second-order valence-corrected chi connectivity index (χ2v) is 7.79. The van der Waals surface area contributed by atoms with Crippen LogP contribution in [0.25, 0.3) is 0 Å². The predicted molar refractivity (Wildman–Crippen MR) is 98.8 cm³/mol. The number of amides is 1. The van der Waals surface area contributed by atoms with Gasteiger partial charge in [-0.15, -0.1) is 0 Å². The average Bonchev–Trinajstić information content (AvgIpc) is 3.10. The molecule has 0 bridgehead atoms. The number of benzene rings is 1. The molecular weight excluding hydrogens is 346 g/mol. The molecule has 0 aromatic heterocycles. The third-order valence-corrected chi connectivity index (χ3v) is 6.24. The molecule has 1 aliphatic heterocycles. The summed E-state index contributed by atoms with van der Waals surface area (Å²) in [6, 6.07) is 11.6. The quantitative estimate of drug-likeness (QED) is 0.825. The molecular formula is C20H19N3O2S. The number of aryl methyl sites for hydroxylation is 1. The summed E-state index contributed by atoms with van der Waals surface area (Å²) in [5, 5.41) is 22.3. The van der Waals surface area contributed by atoms with Crippen molar-refractivity contribution >= 4 is 23.5 Å². The van der Waals surface area contributed by atoms with Gasteiger partial charge in [0.1, 0.15) is 5.92 Å². The van der Waals surface area contributed by atoms with Gasteiger partial charge in [-0.25, -0.2) is 0 Å². The molecule has 2 aliphatic rings. The fourth-order valence-corrected chi connectivity index (χ4v) is 4.83. The van der Waals surface area contributed by atoms with Crippen LogP contribution in [0.5, 0.6) is 0 Å². The average molecular weight is 365 g/mol. The summed E-state index contributed by atoms with van der Waals surface area (Å²) in [5.74, 6) is -1.12. The smallest absolute Gasteiger partial charge is 0.243 e. The molecule has 1 aromatic carbocycles. The van der Waals surface area contributed by atoms with E-state index in [0.717, 1.165) is 18.4 Å². The number of ketones is 1. The van der Waals surface area contributed by atoms with Crippen molar-refractivity contribution < 1.29 is 9.59 Å². The Hall–Kier alpha value is -2.57. The summed E-state index contributed by atoms with van der Waals surface area (Å²) >= 11 is 1.18. The van der Waals surface area contributed by atoms with Crippen molar-refractivity contribution in [2.24, 2.45) is 11.3 Å². The standard InChI is InChI=1S/C20H19N3O2S/c1-13-4-6-14(7-5-13)17(24)12-26-19-16(11-22)20(8-2-3-9-20)15(10-21)18(25)23-19/h4-7,15H,2-3,8-9,12H2,1H3,(H,23,25)/t15-/m0/s1. The number of allylic oxidation sites excluding steroid dienone is 1. The second kappa shape index (κ2) is 7.35. The molecule has 0 radical (unpaired) electrons. The maximum absolute atomic E-state index is 12.4. The van der Waals surface area contributed by atoms with Gasteiger partial charge in [0.2, 0.25) is 5.91 Å². The first-order chi connectivity index (χ1) is 12.5. The van der Waals surface area contributed by atoms with Gasteiger partial charge in [-0.05, 0) is 19.8 Å². The lowest BCUT2D eigenvalue weighted by Crippen LogP contribution is -2.46.